The number of carbonyl (C=O) groups is 1. The van der Waals surface area contributed by atoms with Crippen molar-refractivity contribution < 1.29 is 23.9 Å². The second-order valence-electron chi connectivity index (χ2n) is 8.84. The lowest BCUT2D eigenvalue weighted by molar-refractivity contribution is -0.384. The Hall–Kier alpha value is -5.39. The van der Waals surface area contributed by atoms with Crippen LogP contribution in [0.1, 0.15) is 18.5 Å². The second kappa shape index (κ2) is 10.8. The number of methoxy groups -OCH3 is 3. The van der Waals surface area contributed by atoms with Crippen molar-refractivity contribution in [1.82, 2.24) is 14.8 Å². The molecule has 2 heterocycles. The zero-order valence-corrected chi connectivity index (χ0v) is 22.2. The van der Waals surface area contributed by atoms with Gasteiger partial charge in [-0.15, -0.1) is 5.10 Å². The molecular weight excluding hydrogens is 516 g/mol. The largest absolute Gasteiger partial charge is 0.497 e. The average Bonchev–Trinajstić information content (AvgIpc) is 3.40. The van der Waals surface area contributed by atoms with Crippen molar-refractivity contribution in [2.24, 2.45) is 0 Å². The number of anilines is 2. The predicted molar refractivity (Wildman–Crippen MR) is 148 cm³/mol. The van der Waals surface area contributed by atoms with Crippen molar-refractivity contribution in [1.29, 1.82) is 0 Å². The molecule has 1 amide bonds. The van der Waals surface area contributed by atoms with Crippen LogP contribution in [-0.2, 0) is 4.79 Å². The molecule has 1 aliphatic heterocycles. The minimum atomic E-state index is -0.772. The second-order valence-corrected chi connectivity index (χ2v) is 8.84. The van der Waals surface area contributed by atoms with Crippen molar-refractivity contribution >= 4 is 23.2 Å². The molecule has 0 aliphatic carbocycles. The van der Waals surface area contributed by atoms with E-state index in [9.17, 15) is 14.9 Å². The number of hydrogen-bond acceptors (Lipinski definition) is 9. The fraction of sp³-hybridized carbons (Fsp3) is 0.179. The predicted octanol–water partition coefficient (Wildman–Crippen LogP) is 4.81. The van der Waals surface area contributed by atoms with Crippen LogP contribution in [0.5, 0.6) is 17.2 Å². The van der Waals surface area contributed by atoms with E-state index in [1.165, 1.54) is 26.4 Å². The number of para-hydroxylation sites is 2. The van der Waals surface area contributed by atoms with Crippen molar-refractivity contribution in [3.05, 3.63) is 93.7 Å². The quantitative estimate of drug-likeness (QED) is 0.237. The Morgan fingerprint density at radius 1 is 1.00 bits per heavy atom. The Morgan fingerprint density at radius 3 is 2.50 bits per heavy atom. The summed E-state index contributed by atoms with van der Waals surface area (Å²) in [6.07, 6.45) is 0. The van der Waals surface area contributed by atoms with E-state index in [1.54, 1.807) is 67.2 Å². The van der Waals surface area contributed by atoms with Gasteiger partial charge in [0.15, 0.2) is 5.82 Å². The number of fused-ring (bicyclic) bond motifs is 1. The van der Waals surface area contributed by atoms with Gasteiger partial charge in [-0.1, -0.05) is 24.3 Å². The maximum absolute atomic E-state index is 13.9. The van der Waals surface area contributed by atoms with Crippen LogP contribution in [0.15, 0.2) is 78.0 Å². The van der Waals surface area contributed by atoms with E-state index >= 15 is 0 Å². The summed E-state index contributed by atoms with van der Waals surface area (Å²) in [5, 5.41) is 22.2. The molecule has 12 nitrogen and oxygen atoms in total. The highest BCUT2D eigenvalue weighted by Crippen LogP contribution is 2.42. The van der Waals surface area contributed by atoms with E-state index in [1.807, 2.05) is 6.07 Å². The summed E-state index contributed by atoms with van der Waals surface area (Å²) in [6.45, 7) is 1.77. The zero-order chi connectivity index (χ0) is 28.4. The first-order valence-corrected chi connectivity index (χ1v) is 12.2. The number of carbonyl (C=O) groups excluding carboxylic acids is 1. The highest BCUT2D eigenvalue weighted by atomic mass is 16.6. The number of nitro groups is 1. The molecule has 1 aromatic heterocycles. The third-order valence-electron chi connectivity index (χ3n) is 6.50. The molecule has 0 saturated heterocycles. The van der Waals surface area contributed by atoms with Gasteiger partial charge in [0.1, 0.15) is 23.3 Å². The van der Waals surface area contributed by atoms with Gasteiger partial charge in [-0.05, 0) is 31.2 Å². The van der Waals surface area contributed by atoms with Crippen LogP contribution < -0.4 is 24.8 Å². The van der Waals surface area contributed by atoms with E-state index in [4.69, 9.17) is 19.3 Å². The van der Waals surface area contributed by atoms with Gasteiger partial charge >= 0.3 is 0 Å². The number of hydrogen-bond donors (Lipinski definition) is 2. The van der Waals surface area contributed by atoms with E-state index in [-0.39, 0.29) is 11.5 Å². The van der Waals surface area contributed by atoms with E-state index in [0.717, 1.165) is 0 Å². The Labute approximate surface area is 229 Å². The van der Waals surface area contributed by atoms with E-state index in [2.05, 4.69) is 15.6 Å². The van der Waals surface area contributed by atoms with Gasteiger partial charge in [0.25, 0.3) is 11.6 Å². The van der Waals surface area contributed by atoms with E-state index in [0.29, 0.717) is 51.3 Å². The van der Waals surface area contributed by atoms with Gasteiger partial charge in [0.2, 0.25) is 5.95 Å². The SMILES string of the molecule is COc1ccc(C2C(C(=O)Nc3ccccc3OC)=C(C)Nc3nc(-c4cccc([N+](=O)[O-])c4)nn32)c(OC)c1. The summed E-state index contributed by atoms with van der Waals surface area (Å²) in [7, 11) is 4.61. The van der Waals surface area contributed by atoms with Crippen molar-refractivity contribution in [2.75, 3.05) is 32.0 Å². The summed E-state index contributed by atoms with van der Waals surface area (Å²) >= 11 is 0. The first kappa shape index (κ1) is 26.2. The molecule has 1 atom stereocenters. The van der Waals surface area contributed by atoms with Crippen molar-refractivity contribution in [3.63, 3.8) is 0 Å². The smallest absolute Gasteiger partial charge is 0.270 e. The number of aromatic nitrogens is 3. The third kappa shape index (κ3) is 4.77. The number of nitro benzene ring substituents is 1. The normalized spacial score (nSPS) is 14.2. The maximum atomic E-state index is 13.9. The molecule has 0 spiro atoms. The van der Waals surface area contributed by atoms with Crippen LogP contribution in [0, 0.1) is 10.1 Å². The van der Waals surface area contributed by atoms with Gasteiger partial charge in [0.05, 0.1) is 37.5 Å². The first-order chi connectivity index (χ1) is 19.3. The molecule has 0 radical (unpaired) electrons. The van der Waals surface area contributed by atoms with Crippen molar-refractivity contribution in [3.8, 4) is 28.6 Å². The molecule has 5 rings (SSSR count). The number of benzene rings is 3. The fourth-order valence-corrected chi connectivity index (χ4v) is 4.60. The van der Waals surface area contributed by atoms with Crippen LogP contribution in [0.2, 0.25) is 0 Å². The number of nitrogens with zero attached hydrogens (tertiary/aromatic N) is 4. The van der Waals surface area contributed by atoms with E-state index < -0.39 is 16.9 Å². The monoisotopic (exact) mass is 542 g/mol. The summed E-state index contributed by atoms with van der Waals surface area (Å²) in [6, 6.07) is 17.7. The number of amides is 1. The molecule has 3 aromatic carbocycles. The van der Waals surface area contributed by atoms with Gasteiger partial charge in [0, 0.05) is 35.0 Å². The van der Waals surface area contributed by atoms with Crippen LogP contribution in [-0.4, -0.2) is 46.9 Å². The number of rotatable bonds is 8. The molecule has 40 heavy (non-hydrogen) atoms. The highest BCUT2D eigenvalue weighted by Gasteiger charge is 2.36. The lowest BCUT2D eigenvalue weighted by Gasteiger charge is -2.29. The average molecular weight is 543 g/mol. The van der Waals surface area contributed by atoms with Gasteiger partial charge in [-0.25, -0.2) is 4.68 Å². The molecular formula is C28H26N6O6. The van der Waals surface area contributed by atoms with Crippen LogP contribution in [0.3, 0.4) is 0 Å². The molecule has 1 unspecified atom stereocenters. The topological polar surface area (TPSA) is 143 Å². The lowest BCUT2D eigenvalue weighted by Crippen LogP contribution is -2.31. The summed E-state index contributed by atoms with van der Waals surface area (Å²) < 4.78 is 18.1. The standard InChI is InChI=1S/C28H26N6O6/c1-16-24(27(35)30-21-10-5-6-11-22(21)39-3)25(20-13-12-19(38-2)15-23(20)40-4)33-28(29-16)31-26(32-33)17-8-7-9-18(14-17)34(36)37/h5-15,25H,1-4H3,(H,30,35)(H,29,31,32). The lowest BCUT2D eigenvalue weighted by atomic mass is 9.94. The molecule has 204 valence electrons. The Kier molecular flexibility index (Phi) is 7.06. The minimum absolute atomic E-state index is 0.0854. The zero-order valence-electron chi connectivity index (χ0n) is 22.2. The molecule has 0 bridgehead atoms. The number of ether oxygens (including phenoxy) is 3. The Balaban J connectivity index is 1.65. The summed E-state index contributed by atoms with van der Waals surface area (Å²) in [5.41, 5.74) is 2.40. The minimum Gasteiger partial charge on any atom is -0.497 e. The molecule has 0 fully saturated rings. The Morgan fingerprint density at radius 2 is 1.77 bits per heavy atom. The molecule has 2 N–H and O–H groups in total. The molecule has 1 aliphatic rings. The highest BCUT2D eigenvalue weighted by molar-refractivity contribution is 6.06. The van der Waals surface area contributed by atoms with Crippen molar-refractivity contribution in [2.45, 2.75) is 13.0 Å². The fourth-order valence-electron chi connectivity index (χ4n) is 4.60. The number of non-ortho nitro benzene ring substituents is 1. The van der Waals surface area contributed by atoms with Crippen LogP contribution in [0.4, 0.5) is 17.3 Å². The maximum Gasteiger partial charge on any atom is 0.270 e. The van der Waals surface area contributed by atoms with Crippen LogP contribution >= 0.6 is 0 Å². The van der Waals surface area contributed by atoms with Gasteiger partial charge in [-0.2, -0.15) is 4.98 Å². The number of nitrogens with one attached hydrogen (secondary N) is 2. The molecule has 0 saturated carbocycles. The summed E-state index contributed by atoms with van der Waals surface area (Å²) in [4.78, 5) is 29.4. The third-order valence-corrected chi connectivity index (χ3v) is 6.50. The molecule has 4 aromatic rings. The van der Waals surface area contributed by atoms with Gasteiger partial charge in [-0.3, -0.25) is 14.9 Å². The Bertz CT molecular complexity index is 1650. The van der Waals surface area contributed by atoms with Gasteiger partial charge < -0.3 is 24.8 Å². The number of allylic oxidation sites excluding steroid dienone is 1. The van der Waals surface area contributed by atoms with Crippen LogP contribution in [0.25, 0.3) is 11.4 Å². The summed E-state index contributed by atoms with van der Waals surface area (Å²) in [5.74, 6) is 1.77. The first-order valence-electron chi connectivity index (χ1n) is 12.2. The molecule has 12 heteroatoms.